The number of carbonyl (C=O) groups is 2. The number of carboxylic acid groups (broad SMARTS) is 1. The predicted molar refractivity (Wildman–Crippen MR) is 164 cm³/mol. The molecule has 0 bridgehead atoms. The first kappa shape index (κ1) is 28.0. The van der Waals surface area contributed by atoms with E-state index in [1.54, 1.807) is 29.3 Å². The summed E-state index contributed by atoms with van der Waals surface area (Å²) >= 11 is 0. The molecule has 3 N–H and O–H groups in total. The van der Waals surface area contributed by atoms with Crippen LogP contribution in [0.2, 0.25) is 0 Å². The number of benzene rings is 3. The highest BCUT2D eigenvalue weighted by molar-refractivity contribution is 5.95. The summed E-state index contributed by atoms with van der Waals surface area (Å²) in [4.78, 5) is 30.0. The van der Waals surface area contributed by atoms with Crippen LogP contribution in [0.5, 0.6) is 5.75 Å². The van der Waals surface area contributed by atoms with Crippen LogP contribution in [-0.2, 0) is 22.6 Å². The minimum atomic E-state index is -0.927. The van der Waals surface area contributed by atoms with E-state index in [0.717, 1.165) is 39.2 Å². The largest absolute Gasteiger partial charge is 0.487 e. The lowest BCUT2D eigenvalue weighted by Crippen LogP contribution is -2.31. The minimum Gasteiger partial charge on any atom is -0.487 e. The molecule has 10 heteroatoms. The highest BCUT2D eigenvalue weighted by Gasteiger charge is 2.31. The van der Waals surface area contributed by atoms with E-state index < -0.39 is 5.97 Å². The number of nitrogen functional groups attached to an aromatic ring is 1. The first-order valence-corrected chi connectivity index (χ1v) is 14.3. The number of carbonyl (C=O) groups excluding carboxylic acids is 1. The van der Waals surface area contributed by atoms with Crippen LogP contribution in [0.1, 0.15) is 37.6 Å². The van der Waals surface area contributed by atoms with Crippen molar-refractivity contribution in [2.75, 3.05) is 18.8 Å². The van der Waals surface area contributed by atoms with Crippen molar-refractivity contribution in [3.05, 3.63) is 84.2 Å². The van der Waals surface area contributed by atoms with Gasteiger partial charge in [-0.3, -0.25) is 9.48 Å². The maximum atomic E-state index is 12.6. The Labute approximate surface area is 248 Å². The highest BCUT2D eigenvalue weighted by atomic mass is 16.6. The Hall–Kier alpha value is -5.12. The van der Waals surface area contributed by atoms with Crippen LogP contribution < -0.4 is 10.5 Å². The maximum absolute atomic E-state index is 12.6. The summed E-state index contributed by atoms with van der Waals surface area (Å²) in [5.74, 6) is 0.0531. The predicted octanol–water partition coefficient (Wildman–Crippen LogP) is 5.83. The van der Waals surface area contributed by atoms with Crippen LogP contribution in [0.3, 0.4) is 0 Å². The molecule has 5 aromatic rings. The van der Waals surface area contributed by atoms with Crippen LogP contribution in [0, 0.1) is 0 Å². The van der Waals surface area contributed by atoms with Crippen LogP contribution in [0.4, 0.5) is 10.6 Å². The molecule has 3 aromatic carbocycles. The van der Waals surface area contributed by atoms with E-state index in [4.69, 9.17) is 20.3 Å². The number of fused-ring (bicyclic) bond motifs is 2. The number of ether oxygens (including phenoxy) is 2. The van der Waals surface area contributed by atoms with E-state index in [1.807, 2.05) is 48.9 Å². The number of nitrogens with zero attached hydrogens (tertiary/aromatic N) is 4. The first-order valence-electron chi connectivity index (χ1n) is 14.3. The van der Waals surface area contributed by atoms with Gasteiger partial charge in [0.2, 0.25) is 0 Å². The van der Waals surface area contributed by atoms with Crippen molar-refractivity contribution >= 4 is 39.6 Å². The molecule has 1 atom stereocenters. The standard InChI is InChI=1S/C33H33N5O5/c1-20(2)43-33(41)37-14-12-25(18-37)38-29-10-9-23(22-8-7-21-11-13-35-32(34)26(21)15-22)16-27(29)28(36-38)19-42-30-6-4-3-5-24(30)17-31(39)40/h3-11,13,15-16,20,25H,12,14,17-19H2,1-2H3,(H2,34,35)(H,39,40)/t25-/m1/s1. The monoisotopic (exact) mass is 579 g/mol. The second kappa shape index (κ2) is 11.6. The van der Waals surface area contributed by atoms with Gasteiger partial charge in [0.05, 0.1) is 24.1 Å². The Kier molecular flexibility index (Phi) is 7.58. The van der Waals surface area contributed by atoms with Crippen LogP contribution in [0.15, 0.2) is 72.9 Å². The molecule has 1 fully saturated rings. The molecule has 1 amide bonds. The van der Waals surface area contributed by atoms with E-state index in [2.05, 4.69) is 23.2 Å². The summed E-state index contributed by atoms with van der Waals surface area (Å²) in [6, 6.07) is 21.4. The second-order valence-electron chi connectivity index (χ2n) is 11.0. The van der Waals surface area contributed by atoms with Gasteiger partial charge in [0.1, 0.15) is 23.9 Å². The smallest absolute Gasteiger partial charge is 0.410 e. The van der Waals surface area contributed by atoms with Crippen LogP contribution in [0.25, 0.3) is 32.8 Å². The zero-order valence-corrected chi connectivity index (χ0v) is 24.1. The SMILES string of the molecule is CC(C)OC(=O)N1CC[C@@H](n2nc(COc3ccccc3CC(=O)O)c3cc(-c4ccc5ccnc(N)c5c4)ccc32)C1. The number of hydrogen-bond acceptors (Lipinski definition) is 7. The lowest BCUT2D eigenvalue weighted by atomic mass is 10.00. The van der Waals surface area contributed by atoms with Crippen molar-refractivity contribution in [2.45, 2.75) is 45.4 Å². The number of amides is 1. The molecule has 1 aliphatic rings. The zero-order chi connectivity index (χ0) is 30.1. The molecular weight excluding hydrogens is 546 g/mol. The first-order chi connectivity index (χ1) is 20.8. The van der Waals surface area contributed by atoms with Crippen LogP contribution in [-0.4, -0.2) is 56.0 Å². The summed E-state index contributed by atoms with van der Waals surface area (Å²) in [6.45, 7) is 4.89. The number of hydrogen-bond donors (Lipinski definition) is 2. The molecule has 0 aliphatic carbocycles. The molecule has 220 valence electrons. The maximum Gasteiger partial charge on any atom is 0.410 e. The van der Waals surface area contributed by atoms with Gasteiger partial charge in [-0.25, -0.2) is 9.78 Å². The molecule has 1 aliphatic heterocycles. The third-order valence-electron chi connectivity index (χ3n) is 7.70. The van der Waals surface area contributed by atoms with Gasteiger partial charge in [-0.05, 0) is 67.1 Å². The fraction of sp³-hybridized carbons (Fsp3) is 0.273. The van der Waals surface area contributed by atoms with Gasteiger partial charge in [0.25, 0.3) is 0 Å². The summed E-state index contributed by atoms with van der Waals surface area (Å²) in [6.07, 6.45) is 1.79. The van der Waals surface area contributed by atoms with Crippen LogP contribution >= 0.6 is 0 Å². The van der Waals surface area contributed by atoms with E-state index in [9.17, 15) is 14.7 Å². The Morgan fingerprint density at radius 1 is 1.05 bits per heavy atom. The number of aromatic nitrogens is 3. The van der Waals surface area contributed by atoms with Crippen molar-refractivity contribution in [1.82, 2.24) is 19.7 Å². The third kappa shape index (κ3) is 5.81. The van der Waals surface area contributed by atoms with Gasteiger partial charge in [-0.1, -0.05) is 36.4 Å². The Bertz CT molecular complexity index is 1830. The fourth-order valence-electron chi connectivity index (χ4n) is 5.62. The Balaban J connectivity index is 1.37. The van der Waals surface area contributed by atoms with Gasteiger partial charge in [-0.15, -0.1) is 0 Å². The van der Waals surface area contributed by atoms with E-state index in [0.29, 0.717) is 35.9 Å². The number of pyridine rings is 1. The molecule has 2 aromatic heterocycles. The molecule has 0 saturated carbocycles. The summed E-state index contributed by atoms with van der Waals surface area (Å²) in [5, 5.41) is 17.2. The number of carboxylic acids is 1. The molecule has 10 nitrogen and oxygen atoms in total. The number of nitrogens with two attached hydrogens (primary N) is 1. The van der Waals surface area contributed by atoms with Crippen molar-refractivity contribution in [1.29, 1.82) is 0 Å². The normalized spacial score (nSPS) is 15.0. The third-order valence-corrected chi connectivity index (χ3v) is 7.70. The molecule has 0 radical (unpaired) electrons. The Morgan fingerprint density at radius 2 is 1.81 bits per heavy atom. The molecule has 3 heterocycles. The lowest BCUT2D eigenvalue weighted by molar-refractivity contribution is -0.136. The lowest BCUT2D eigenvalue weighted by Gasteiger charge is -2.18. The zero-order valence-electron chi connectivity index (χ0n) is 24.1. The molecule has 1 saturated heterocycles. The quantitative estimate of drug-likeness (QED) is 0.235. The molecule has 43 heavy (non-hydrogen) atoms. The van der Waals surface area contributed by atoms with Crippen molar-refractivity contribution in [3.63, 3.8) is 0 Å². The number of anilines is 1. The average Bonchev–Trinajstić information content (AvgIpc) is 3.61. The van der Waals surface area contributed by atoms with E-state index in [-0.39, 0.29) is 31.3 Å². The van der Waals surface area contributed by atoms with Crippen molar-refractivity contribution in [2.24, 2.45) is 0 Å². The highest BCUT2D eigenvalue weighted by Crippen LogP contribution is 2.34. The molecule has 0 unspecified atom stereocenters. The van der Waals surface area contributed by atoms with Crippen molar-refractivity contribution < 1.29 is 24.2 Å². The minimum absolute atomic E-state index is 0.0346. The Morgan fingerprint density at radius 3 is 2.60 bits per heavy atom. The number of rotatable bonds is 8. The van der Waals surface area contributed by atoms with Gasteiger partial charge < -0.3 is 25.2 Å². The molecular formula is C33H33N5O5. The molecule has 0 spiro atoms. The number of aliphatic carboxylic acids is 1. The fourth-order valence-corrected chi connectivity index (χ4v) is 5.62. The topological polar surface area (TPSA) is 133 Å². The van der Waals surface area contributed by atoms with E-state index >= 15 is 0 Å². The summed E-state index contributed by atoms with van der Waals surface area (Å²) in [7, 11) is 0. The van der Waals surface area contributed by atoms with Gasteiger partial charge >= 0.3 is 12.1 Å². The van der Waals surface area contributed by atoms with Gasteiger partial charge in [0.15, 0.2) is 0 Å². The second-order valence-corrected chi connectivity index (χ2v) is 11.0. The van der Waals surface area contributed by atoms with E-state index in [1.165, 1.54) is 0 Å². The average molecular weight is 580 g/mol. The van der Waals surface area contributed by atoms with Gasteiger partial charge in [0, 0.05) is 35.6 Å². The summed E-state index contributed by atoms with van der Waals surface area (Å²) < 4.78 is 13.6. The van der Waals surface area contributed by atoms with Gasteiger partial charge in [-0.2, -0.15) is 5.10 Å². The number of para-hydroxylation sites is 1. The summed E-state index contributed by atoms with van der Waals surface area (Å²) in [5.41, 5.74) is 10.4. The molecule has 6 rings (SSSR count). The number of likely N-dealkylation sites (tertiary alicyclic amines) is 1. The van der Waals surface area contributed by atoms with Crippen molar-refractivity contribution in [3.8, 4) is 16.9 Å².